The number of aromatic amines is 1. The molecule has 0 radical (unpaired) electrons. The standard InChI is InChI=1S/C14H18FN5/c1-9-7-11(15)3-4-12(9)13-17-14(19-18-13)20-6-5-16-10(2)8-20/h3-4,7,10,16H,5-6,8H2,1-2H3,(H,17,18,19)/t10-/m0/s1. The second kappa shape index (κ2) is 5.20. The number of halogens is 1. The Labute approximate surface area is 117 Å². The lowest BCUT2D eigenvalue weighted by Crippen LogP contribution is -2.49. The first-order valence-electron chi connectivity index (χ1n) is 6.81. The van der Waals surface area contributed by atoms with E-state index in [0.717, 1.165) is 30.8 Å². The molecule has 106 valence electrons. The molecule has 2 heterocycles. The molecular formula is C14H18FN5. The van der Waals surface area contributed by atoms with Crippen molar-refractivity contribution < 1.29 is 4.39 Å². The fourth-order valence-electron chi connectivity index (χ4n) is 2.52. The number of rotatable bonds is 2. The number of hydrogen-bond acceptors (Lipinski definition) is 4. The molecular weight excluding hydrogens is 257 g/mol. The average Bonchev–Trinajstić information content (AvgIpc) is 2.88. The van der Waals surface area contributed by atoms with E-state index in [2.05, 4.69) is 32.3 Å². The maximum atomic E-state index is 13.1. The molecule has 1 aliphatic heterocycles. The van der Waals surface area contributed by atoms with E-state index in [1.807, 2.05) is 6.92 Å². The lowest BCUT2D eigenvalue weighted by atomic mass is 10.1. The van der Waals surface area contributed by atoms with Crippen LogP contribution in [0.1, 0.15) is 12.5 Å². The molecule has 1 aromatic carbocycles. The normalized spacial score (nSPS) is 19.4. The van der Waals surface area contributed by atoms with Crippen LogP contribution in [0.5, 0.6) is 0 Å². The number of nitrogens with one attached hydrogen (secondary N) is 2. The molecule has 1 fully saturated rings. The summed E-state index contributed by atoms with van der Waals surface area (Å²) in [5, 5.41) is 10.6. The summed E-state index contributed by atoms with van der Waals surface area (Å²) in [7, 11) is 0. The van der Waals surface area contributed by atoms with Crippen LogP contribution < -0.4 is 10.2 Å². The van der Waals surface area contributed by atoms with Gasteiger partial charge in [0.05, 0.1) is 0 Å². The number of benzene rings is 1. The minimum atomic E-state index is -0.234. The predicted molar refractivity (Wildman–Crippen MR) is 76.2 cm³/mol. The van der Waals surface area contributed by atoms with Gasteiger partial charge >= 0.3 is 0 Å². The van der Waals surface area contributed by atoms with Crippen LogP contribution in [0.25, 0.3) is 11.4 Å². The Balaban J connectivity index is 1.86. The van der Waals surface area contributed by atoms with Crippen LogP contribution in [0.3, 0.4) is 0 Å². The second-order valence-corrected chi connectivity index (χ2v) is 5.24. The van der Waals surface area contributed by atoms with Gasteiger partial charge in [-0.05, 0) is 37.6 Å². The van der Waals surface area contributed by atoms with E-state index in [1.54, 1.807) is 6.07 Å². The molecule has 2 aromatic rings. The van der Waals surface area contributed by atoms with Crippen LogP contribution in [0.15, 0.2) is 18.2 Å². The number of piperazine rings is 1. The number of hydrogen-bond donors (Lipinski definition) is 2. The number of H-pyrrole nitrogens is 1. The van der Waals surface area contributed by atoms with Crippen molar-refractivity contribution in [3.05, 3.63) is 29.6 Å². The van der Waals surface area contributed by atoms with Crippen molar-refractivity contribution in [2.75, 3.05) is 24.5 Å². The molecule has 3 rings (SSSR count). The lowest BCUT2D eigenvalue weighted by Gasteiger charge is -2.30. The van der Waals surface area contributed by atoms with Crippen LogP contribution in [0.2, 0.25) is 0 Å². The van der Waals surface area contributed by atoms with Gasteiger partial charge in [-0.1, -0.05) is 0 Å². The number of aryl methyl sites for hydroxylation is 1. The summed E-state index contributed by atoms with van der Waals surface area (Å²) in [5.41, 5.74) is 1.73. The first-order chi connectivity index (χ1) is 9.63. The third-order valence-electron chi connectivity index (χ3n) is 3.57. The van der Waals surface area contributed by atoms with Crippen molar-refractivity contribution in [3.63, 3.8) is 0 Å². The first-order valence-corrected chi connectivity index (χ1v) is 6.81. The minimum Gasteiger partial charge on any atom is -0.337 e. The van der Waals surface area contributed by atoms with Gasteiger partial charge < -0.3 is 10.2 Å². The molecule has 0 bridgehead atoms. The summed E-state index contributed by atoms with van der Waals surface area (Å²) >= 11 is 0. The maximum Gasteiger partial charge on any atom is 0.245 e. The van der Waals surface area contributed by atoms with E-state index in [4.69, 9.17) is 0 Å². The maximum absolute atomic E-state index is 13.1. The molecule has 0 amide bonds. The molecule has 6 heteroatoms. The Kier molecular flexibility index (Phi) is 3.40. The first kappa shape index (κ1) is 13.1. The molecule has 1 aliphatic rings. The third kappa shape index (κ3) is 2.51. The number of nitrogens with zero attached hydrogens (tertiary/aromatic N) is 3. The second-order valence-electron chi connectivity index (χ2n) is 5.24. The van der Waals surface area contributed by atoms with Gasteiger partial charge in [0.2, 0.25) is 5.95 Å². The van der Waals surface area contributed by atoms with Gasteiger partial charge in [-0.25, -0.2) is 4.39 Å². The zero-order valence-electron chi connectivity index (χ0n) is 11.7. The van der Waals surface area contributed by atoms with Crippen molar-refractivity contribution >= 4 is 5.95 Å². The molecule has 2 N–H and O–H groups in total. The van der Waals surface area contributed by atoms with E-state index in [-0.39, 0.29) is 5.82 Å². The van der Waals surface area contributed by atoms with Crippen LogP contribution in [-0.2, 0) is 0 Å². The molecule has 1 aromatic heterocycles. The highest BCUT2D eigenvalue weighted by Gasteiger charge is 2.19. The topological polar surface area (TPSA) is 56.8 Å². The van der Waals surface area contributed by atoms with Crippen molar-refractivity contribution in [3.8, 4) is 11.4 Å². The quantitative estimate of drug-likeness (QED) is 0.876. The van der Waals surface area contributed by atoms with Crippen molar-refractivity contribution in [2.24, 2.45) is 0 Å². The third-order valence-corrected chi connectivity index (χ3v) is 3.57. The molecule has 0 unspecified atom stereocenters. The van der Waals surface area contributed by atoms with E-state index in [9.17, 15) is 4.39 Å². The van der Waals surface area contributed by atoms with Crippen LogP contribution >= 0.6 is 0 Å². The highest BCUT2D eigenvalue weighted by molar-refractivity contribution is 5.60. The summed E-state index contributed by atoms with van der Waals surface area (Å²) in [6.07, 6.45) is 0. The summed E-state index contributed by atoms with van der Waals surface area (Å²) in [5.74, 6) is 1.16. The van der Waals surface area contributed by atoms with Gasteiger partial charge in [0.25, 0.3) is 0 Å². The van der Waals surface area contributed by atoms with Crippen molar-refractivity contribution in [1.82, 2.24) is 20.5 Å². The van der Waals surface area contributed by atoms with Crippen LogP contribution in [-0.4, -0.2) is 40.9 Å². The molecule has 0 saturated carbocycles. The Morgan fingerprint density at radius 3 is 3.00 bits per heavy atom. The van der Waals surface area contributed by atoms with Crippen molar-refractivity contribution in [2.45, 2.75) is 19.9 Å². The highest BCUT2D eigenvalue weighted by Crippen LogP contribution is 2.22. The fraction of sp³-hybridized carbons (Fsp3) is 0.429. The van der Waals surface area contributed by atoms with Gasteiger partial charge in [-0.2, -0.15) is 4.98 Å². The van der Waals surface area contributed by atoms with Gasteiger partial charge in [0.15, 0.2) is 5.82 Å². The Morgan fingerprint density at radius 1 is 1.40 bits per heavy atom. The van der Waals surface area contributed by atoms with E-state index >= 15 is 0 Å². The monoisotopic (exact) mass is 275 g/mol. The van der Waals surface area contributed by atoms with Gasteiger partial charge in [0.1, 0.15) is 5.82 Å². The number of aromatic nitrogens is 3. The Morgan fingerprint density at radius 2 is 2.25 bits per heavy atom. The zero-order chi connectivity index (χ0) is 14.1. The average molecular weight is 275 g/mol. The fourth-order valence-corrected chi connectivity index (χ4v) is 2.52. The van der Waals surface area contributed by atoms with Crippen LogP contribution in [0.4, 0.5) is 10.3 Å². The van der Waals surface area contributed by atoms with E-state index < -0.39 is 0 Å². The summed E-state index contributed by atoms with van der Waals surface area (Å²) in [6.45, 7) is 6.72. The van der Waals surface area contributed by atoms with E-state index in [1.165, 1.54) is 12.1 Å². The molecule has 0 spiro atoms. The van der Waals surface area contributed by atoms with Crippen molar-refractivity contribution in [1.29, 1.82) is 0 Å². The van der Waals surface area contributed by atoms with Crippen LogP contribution in [0, 0.1) is 12.7 Å². The highest BCUT2D eigenvalue weighted by atomic mass is 19.1. The molecule has 5 nitrogen and oxygen atoms in total. The lowest BCUT2D eigenvalue weighted by molar-refractivity contribution is 0.480. The van der Waals surface area contributed by atoms with E-state index in [0.29, 0.717) is 17.8 Å². The van der Waals surface area contributed by atoms with Gasteiger partial charge in [0, 0.05) is 31.2 Å². The summed E-state index contributed by atoms with van der Waals surface area (Å²) in [4.78, 5) is 6.69. The smallest absolute Gasteiger partial charge is 0.245 e. The molecule has 20 heavy (non-hydrogen) atoms. The number of anilines is 1. The van der Waals surface area contributed by atoms with Gasteiger partial charge in [-0.3, -0.25) is 5.10 Å². The zero-order valence-corrected chi connectivity index (χ0v) is 11.7. The predicted octanol–water partition coefficient (Wildman–Crippen LogP) is 1.72. The molecule has 1 atom stereocenters. The Hall–Kier alpha value is -1.95. The Bertz CT molecular complexity index is 609. The summed E-state index contributed by atoms with van der Waals surface area (Å²) < 4.78 is 13.1. The minimum absolute atomic E-state index is 0.234. The largest absolute Gasteiger partial charge is 0.337 e. The molecule has 1 saturated heterocycles. The van der Waals surface area contributed by atoms with Gasteiger partial charge in [-0.15, -0.1) is 5.10 Å². The molecule has 0 aliphatic carbocycles. The summed E-state index contributed by atoms with van der Waals surface area (Å²) in [6, 6.07) is 5.11. The SMILES string of the molecule is Cc1cc(F)ccc1-c1nc(N2CCN[C@@H](C)C2)n[nH]1.